The first-order valence-corrected chi connectivity index (χ1v) is 7.16. The summed E-state index contributed by atoms with van der Waals surface area (Å²) in [6.45, 7) is 6.10. The summed E-state index contributed by atoms with van der Waals surface area (Å²) in [6, 6.07) is 3.42. The van der Waals surface area contributed by atoms with Crippen LogP contribution in [0.1, 0.15) is 45.6 Å². The van der Waals surface area contributed by atoms with Crippen LogP contribution in [0.3, 0.4) is 0 Å². The van der Waals surface area contributed by atoms with Gasteiger partial charge in [0.05, 0.1) is 6.42 Å². The lowest BCUT2D eigenvalue weighted by molar-refractivity contribution is -0.137. The van der Waals surface area contributed by atoms with Crippen LogP contribution in [0.4, 0.5) is 0 Å². The van der Waals surface area contributed by atoms with E-state index in [1.165, 1.54) is 0 Å². The lowest BCUT2D eigenvalue weighted by atomic mass is 9.87. The lowest BCUT2D eigenvalue weighted by Crippen LogP contribution is -2.39. The van der Waals surface area contributed by atoms with E-state index >= 15 is 0 Å². The number of carbonyl (C=O) groups excluding carboxylic acids is 1. The van der Waals surface area contributed by atoms with Gasteiger partial charge < -0.3 is 10.4 Å². The van der Waals surface area contributed by atoms with E-state index in [2.05, 4.69) is 10.3 Å². The number of aliphatic carboxylic acids is 1. The van der Waals surface area contributed by atoms with Gasteiger partial charge in [0.25, 0.3) is 0 Å². The maximum atomic E-state index is 12.0. The van der Waals surface area contributed by atoms with Gasteiger partial charge in [0.2, 0.25) is 5.91 Å². The fraction of sp³-hybridized carbons (Fsp3) is 0.562. The van der Waals surface area contributed by atoms with Gasteiger partial charge in [-0.2, -0.15) is 0 Å². The van der Waals surface area contributed by atoms with E-state index in [0.717, 1.165) is 5.56 Å². The Morgan fingerprint density at radius 3 is 2.43 bits per heavy atom. The second-order valence-electron chi connectivity index (χ2n) is 6.48. The minimum atomic E-state index is -0.890. The third-order valence-corrected chi connectivity index (χ3v) is 3.03. The Morgan fingerprint density at radius 1 is 1.29 bits per heavy atom. The normalized spacial score (nSPS) is 12.7. The zero-order valence-corrected chi connectivity index (χ0v) is 12.9. The van der Waals surface area contributed by atoms with Gasteiger partial charge in [0.1, 0.15) is 0 Å². The molecule has 5 nitrogen and oxygen atoms in total. The number of carbonyl (C=O) groups is 2. The number of hydrogen-bond acceptors (Lipinski definition) is 3. The molecule has 0 saturated carbocycles. The Labute approximate surface area is 125 Å². The predicted molar refractivity (Wildman–Crippen MR) is 80.8 cm³/mol. The highest BCUT2D eigenvalue weighted by atomic mass is 16.4. The van der Waals surface area contributed by atoms with E-state index in [9.17, 15) is 9.59 Å². The summed E-state index contributed by atoms with van der Waals surface area (Å²) in [5.74, 6) is -0.999. The monoisotopic (exact) mass is 292 g/mol. The molecule has 0 aliphatic carbocycles. The van der Waals surface area contributed by atoms with Crippen molar-refractivity contribution >= 4 is 11.9 Å². The molecule has 2 N–H and O–H groups in total. The number of aryl methyl sites for hydroxylation is 1. The molecule has 0 saturated heterocycles. The average molecular weight is 292 g/mol. The molecule has 0 bridgehead atoms. The van der Waals surface area contributed by atoms with E-state index in [1.807, 2.05) is 32.9 Å². The van der Waals surface area contributed by atoms with Crippen LogP contribution >= 0.6 is 0 Å². The SMILES string of the molecule is CC(C)(C)CC(CC(=O)O)NC(=O)CCc1ccncc1. The number of pyridine rings is 1. The van der Waals surface area contributed by atoms with Crippen molar-refractivity contribution in [3.8, 4) is 0 Å². The Kier molecular flexibility index (Phi) is 6.34. The van der Waals surface area contributed by atoms with E-state index in [4.69, 9.17) is 5.11 Å². The van der Waals surface area contributed by atoms with Gasteiger partial charge in [-0.3, -0.25) is 14.6 Å². The number of hydrogen-bond donors (Lipinski definition) is 2. The zero-order valence-electron chi connectivity index (χ0n) is 12.9. The summed E-state index contributed by atoms with van der Waals surface area (Å²) in [5.41, 5.74) is 1.02. The van der Waals surface area contributed by atoms with E-state index < -0.39 is 5.97 Å². The Morgan fingerprint density at radius 2 is 1.90 bits per heavy atom. The van der Waals surface area contributed by atoms with Gasteiger partial charge in [-0.15, -0.1) is 0 Å². The van der Waals surface area contributed by atoms with Gasteiger partial charge in [-0.1, -0.05) is 20.8 Å². The van der Waals surface area contributed by atoms with Crippen LogP contribution in [0.25, 0.3) is 0 Å². The molecule has 0 aliphatic heterocycles. The number of nitrogens with one attached hydrogen (secondary N) is 1. The van der Waals surface area contributed by atoms with Crippen molar-refractivity contribution in [2.45, 2.75) is 52.5 Å². The van der Waals surface area contributed by atoms with Crippen LogP contribution in [-0.4, -0.2) is 28.0 Å². The summed E-state index contributed by atoms with van der Waals surface area (Å²) in [4.78, 5) is 26.8. The van der Waals surface area contributed by atoms with Crippen LogP contribution in [0.15, 0.2) is 24.5 Å². The maximum Gasteiger partial charge on any atom is 0.305 e. The first-order valence-electron chi connectivity index (χ1n) is 7.16. The first-order chi connectivity index (χ1) is 9.76. The van der Waals surface area contributed by atoms with E-state index in [0.29, 0.717) is 19.3 Å². The molecule has 0 aliphatic rings. The second-order valence-corrected chi connectivity index (χ2v) is 6.48. The summed E-state index contributed by atoms with van der Waals surface area (Å²) >= 11 is 0. The van der Waals surface area contributed by atoms with Crippen molar-refractivity contribution in [3.05, 3.63) is 30.1 Å². The zero-order chi connectivity index (χ0) is 15.9. The smallest absolute Gasteiger partial charge is 0.305 e. The molecule has 21 heavy (non-hydrogen) atoms. The highest BCUT2D eigenvalue weighted by molar-refractivity contribution is 5.77. The number of carboxylic acids is 1. The van der Waals surface area contributed by atoms with Gasteiger partial charge in [0.15, 0.2) is 0 Å². The molecule has 0 fully saturated rings. The van der Waals surface area contributed by atoms with E-state index in [-0.39, 0.29) is 23.8 Å². The molecule has 0 spiro atoms. The van der Waals surface area contributed by atoms with Gasteiger partial charge in [-0.25, -0.2) is 0 Å². The summed E-state index contributed by atoms with van der Waals surface area (Å²) in [5, 5.41) is 11.8. The third kappa shape index (κ3) is 8.07. The van der Waals surface area contributed by atoms with Crippen molar-refractivity contribution in [2.75, 3.05) is 0 Å². The van der Waals surface area contributed by atoms with Crippen molar-refractivity contribution < 1.29 is 14.7 Å². The van der Waals surface area contributed by atoms with Gasteiger partial charge in [-0.05, 0) is 36.0 Å². The largest absolute Gasteiger partial charge is 0.481 e. The first kappa shape index (κ1) is 17.1. The fourth-order valence-electron chi connectivity index (χ4n) is 2.23. The molecule has 0 aromatic carbocycles. The molecule has 1 atom stereocenters. The van der Waals surface area contributed by atoms with Gasteiger partial charge >= 0.3 is 5.97 Å². The Bertz CT molecular complexity index is 466. The van der Waals surface area contributed by atoms with Crippen LogP contribution in [-0.2, 0) is 16.0 Å². The number of carboxylic acid groups (broad SMARTS) is 1. The van der Waals surface area contributed by atoms with Crippen LogP contribution in [0, 0.1) is 5.41 Å². The average Bonchev–Trinajstić information content (AvgIpc) is 2.34. The summed E-state index contributed by atoms with van der Waals surface area (Å²) in [6.07, 6.45) is 4.96. The highest BCUT2D eigenvalue weighted by Crippen LogP contribution is 2.22. The van der Waals surface area contributed by atoms with Crippen molar-refractivity contribution in [2.24, 2.45) is 5.41 Å². The minimum Gasteiger partial charge on any atom is -0.481 e. The Balaban J connectivity index is 2.49. The van der Waals surface area contributed by atoms with Crippen molar-refractivity contribution in [1.82, 2.24) is 10.3 Å². The van der Waals surface area contributed by atoms with Crippen molar-refractivity contribution in [3.63, 3.8) is 0 Å². The molecule has 1 amide bonds. The number of amides is 1. The molecule has 1 heterocycles. The molecule has 0 radical (unpaired) electrons. The summed E-state index contributed by atoms with van der Waals surface area (Å²) < 4.78 is 0. The third-order valence-electron chi connectivity index (χ3n) is 3.03. The molecule has 5 heteroatoms. The molecular weight excluding hydrogens is 268 g/mol. The van der Waals surface area contributed by atoms with Crippen LogP contribution in [0.2, 0.25) is 0 Å². The number of rotatable bonds is 7. The topological polar surface area (TPSA) is 79.3 Å². The molecule has 1 rings (SSSR count). The standard InChI is InChI=1S/C16H24N2O3/c1-16(2,3)11-13(10-15(20)21)18-14(19)5-4-12-6-8-17-9-7-12/h6-9,13H,4-5,10-11H2,1-3H3,(H,18,19)(H,20,21). The molecule has 1 aromatic rings. The highest BCUT2D eigenvalue weighted by Gasteiger charge is 2.22. The van der Waals surface area contributed by atoms with Crippen molar-refractivity contribution in [1.29, 1.82) is 0 Å². The lowest BCUT2D eigenvalue weighted by Gasteiger charge is -2.25. The minimum absolute atomic E-state index is 0.0293. The van der Waals surface area contributed by atoms with Crippen LogP contribution < -0.4 is 5.32 Å². The van der Waals surface area contributed by atoms with Crippen LogP contribution in [0.5, 0.6) is 0 Å². The molecule has 116 valence electrons. The van der Waals surface area contributed by atoms with E-state index in [1.54, 1.807) is 12.4 Å². The van der Waals surface area contributed by atoms with Gasteiger partial charge in [0, 0.05) is 24.9 Å². The number of nitrogens with zero attached hydrogens (tertiary/aromatic N) is 1. The predicted octanol–water partition coefficient (Wildman–Crippen LogP) is 2.41. The molecule has 1 unspecified atom stereocenters. The quantitative estimate of drug-likeness (QED) is 0.809. The Hall–Kier alpha value is -1.91. The summed E-state index contributed by atoms with van der Waals surface area (Å²) in [7, 11) is 0. The fourth-order valence-corrected chi connectivity index (χ4v) is 2.23. The molecule has 1 aromatic heterocycles. The molecular formula is C16H24N2O3. The second kappa shape index (κ2) is 7.76. The number of aromatic nitrogens is 1. The maximum absolute atomic E-state index is 12.0.